The zero-order chi connectivity index (χ0) is 20.6. The van der Waals surface area contributed by atoms with Crippen molar-refractivity contribution in [2.24, 2.45) is 11.8 Å². The second kappa shape index (κ2) is 17.1. The van der Waals surface area contributed by atoms with Gasteiger partial charge in [-0.15, -0.1) is 0 Å². The van der Waals surface area contributed by atoms with E-state index in [1.165, 1.54) is 141 Å². The van der Waals surface area contributed by atoms with E-state index in [4.69, 9.17) is 27.9 Å². The summed E-state index contributed by atoms with van der Waals surface area (Å²) in [7, 11) is 0. The molecule has 0 amide bonds. The minimum absolute atomic E-state index is 0.207. The number of ether oxygens (including phenoxy) is 1. The van der Waals surface area contributed by atoms with E-state index in [0.29, 0.717) is 11.8 Å². The van der Waals surface area contributed by atoms with E-state index in [-0.39, 0.29) is 11.1 Å². The Hall–Kier alpha value is 0.540. The van der Waals surface area contributed by atoms with Crippen LogP contribution in [-0.2, 0) is 4.74 Å². The predicted octanol–water partition coefficient (Wildman–Crippen LogP) is 9.97. The maximum absolute atomic E-state index is 6.84. The molecule has 0 aromatic carbocycles. The van der Waals surface area contributed by atoms with Gasteiger partial charge in [0.1, 0.15) is 11.1 Å². The highest BCUT2D eigenvalue weighted by molar-refractivity contribution is 6.22. The molecular weight excluding hydrogens is 399 g/mol. The van der Waals surface area contributed by atoms with Gasteiger partial charge in [0.15, 0.2) is 0 Å². The largest absolute Gasteiger partial charge is 0.343 e. The molecule has 0 heterocycles. The molecule has 3 heteroatoms. The second-order valence-electron chi connectivity index (χ2n) is 9.88. The topological polar surface area (TPSA) is 9.23 Å². The van der Waals surface area contributed by atoms with Crippen LogP contribution in [0.2, 0.25) is 0 Å². The van der Waals surface area contributed by atoms with Gasteiger partial charge in [0, 0.05) is 0 Å². The Morgan fingerprint density at radius 3 is 0.828 bits per heavy atom. The van der Waals surface area contributed by atoms with Gasteiger partial charge < -0.3 is 4.74 Å². The molecule has 2 saturated carbocycles. The average Bonchev–Trinajstić information content (AvgIpc) is 2.68. The van der Waals surface area contributed by atoms with Crippen molar-refractivity contribution in [3.63, 3.8) is 0 Å². The van der Waals surface area contributed by atoms with E-state index in [0.717, 1.165) is 0 Å². The first kappa shape index (κ1) is 25.8. The molecule has 1 nitrogen and oxygen atoms in total. The molecule has 29 heavy (non-hydrogen) atoms. The van der Waals surface area contributed by atoms with Gasteiger partial charge in [0.25, 0.3) is 0 Å². The quantitative estimate of drug-likeness (QED) is 0.390. The SMILES string of the molecule is ClC(OC(Cl)C1CCCCCCCCCCC1)C1CCCCCCCCCCC1. The number of hydrogen-bond acceptors (Lipinski definition) is 1. The summed E-state index contributed by atoms with van der Waals surface area (Å²) in [6.07, 6.45) is 29.5. The van der Waals surface area contributed by atoms with E-state index < -0.39 is 0 Å². The van der Waals surface area contributed by atoms with Gasteiger partial charge in [-0.25, -0.2) is 0 Å². The Morgan fingerprint density at radius 2 is 0.586 bits per heavy atom. The Morgan fingerprint density at radius 1 is 0.379 bits per heavy atom. The fraction of sp³-hybridized carbons (Fsp3) is 1.00. The van der Waals surface area contributed by atoms with Crippen LogP contribution in [0.4, 0.5) is 0 Å². The lowest BCUT2D eigenvalue weighted by molar-refractivity contribution is 0.00648. The maximum Gasteiger partial charge on any atom is 0.136 e. The van der Waals surface area contributed by atoms with E-state index >= 15 is 0 Å². The molecule has 2 atom stereocenters. The van der Waals surface area contributed by atoms with Crippen molar-refractivity contribution in [1.29, 1.82) is 0 Å². The molecule has 0 aromatic heterocycles. The van der Waals surface area contributed by atoms with Crippen molar-refractivity contribution in [1.82, 2.24) is 0 Å². The molecule has 0 spiro atoms. The van der Waals surface area contributed by atoms with E-state index in [2.05, 4.69) is 0 Å². The fourth-order valence-electron chi connectivity index (χ4n) is 5.26. The van der Waals surface area contributed by atoms with Crippen LogP contribution >= 0.6 is 23.2 Å². The Labute approximate surface area is 192 Å². The van der Waals surface area contributed by atoms with Gasteiger partial charge >= 0.3 is 0 Å². The lowest BCUT2D eigenvalue weighted by Gasteiger charge is -2.29. The monoisotopic (exact) mass is 446 g/mol. The average molecular weight is 448 g/mol. The summed E-state index contributed by atoms with van der Waals surface area (Å²) in [4.78, 5) is 0. The van der Waals surface area contributed by atoms with Crippen LogP contribution in [0.1, 0.15) is 141 Å². The molecule has 0 bridgehead atoms. The Kier molecular flexibility index (Phi) is 15.2. The first-order valence-corrected chi connectivity index (χ1v) is 14.1. The van der Waals surface area contributed by atoms with Crippen molar-refractivity contribution in [3.05, 3.63) is 0 Å². The Balaban J connectivity index is 1.80. The highest BCUT2D eigenvalue weighted by Crippen LogP contribution is 2.33. The molecule has 0 saturated heterocycles. The molecule has 0 N–H and O–H groups in total. The van der Waals surface area contributed by atoms with Crippen molar-refractivity contribution < 1.29 is 4.74 Å². The first-order chi connectivity index (χ1) is 14.3. The van der Waals surface area contributed by atoms with E-state index in [1.54, 1.807) is 0 Å². The lowest BCUT2D eigenvalue weighted by atomic mass is 9.92. The van der Waals surface area contributed by atoms with Crippen LogP contribution in [-0.4, -0.2) is 11.1 Å². The number of rotatable bonds is 4. The maximum atomic E-state index is 6.84. The van der Waals surface area contributed by atoms with Crippen molar-refractivity contribution in [2.45, 2.75) is 152 Å². The van der Waals surface area contributed by atoms with Crippen LogP contribution in [0.5, 0.6) is 0 Å². The summed E-state index contributed by atoms with van der Waals surface area (Å²) in [5.74, 6) is 0.951. The summed E-state index contributed by atoms with van der Waals surface area (Å²) < 4.78 is 6.31. The van der Waals surface area contributed by atoms with Gasteiger partial charge in [-0.1, -0.05) is 139 Å². The molecule has 2 fully saturated rings. The highest BCUT2D eigenvalue weighted by Gasteiger charge is 2.27. The number of hydrogen-bond donors (Lipinski definition) is 0. The van der Waals surface area contributed by atoms with Gasteiger partial charge in [-0.3, -0.25) is 0 Å². The summed E-state index contributed by atoms with van der Waals surface area (Å²) in [5.41, 5.74) is -0.413. The Bertz CT molecular complexity index is 318. The van der Waals surface area contributed by atoms with Crippen molar-refractivity contribution >= 4 is 23.2 Å². The number of alkyl halides is 2. The molecular formula is C26H48Cl2O. The normalized spacial score (nSPS) is 26.3. The molecule has 2 rings (SSSR count). The molecule has 2 aliphatic rings. The lowest BCUT2D eigenvalue weighted by Crippen LogP contribution is -2.27. The van der Waals surface area contributed by atoms with Crippen molar-refractivity contribution in [2.75, 3.05) is 0 Å². The van der Waals surface area contributed by atoms with Crippen LogP contribution in [0.25, 0.3) is 0 Å². The molecule has 2 aliphatic carbocycles. The van der Waals surface area contributed by atoms with Gasteiger partial charge in [-0.05, 0) is 37.5 Å². The predicted molar refractivity (Wildman–Crippen MR) is 129 cm³/mol. The zero-order valence-corrected chi connectivity index (χ0v) is 20.5. The second-order valence-corrected chi connectivity index (χ2v) is 10.7. The molecule has 0 radical (unpaired) electrons. The minimum Gasteiger partial charge on any atom is -0.343 e. The van der Waals surface area contributed by atoms with E-state index in [1.807, 2.05) is 0 Å². The summed E-state index contributed by atoms with van der Waals surface area (Å²) in [6, 6.07) is 0. The van der Waals surface area contributed by atoms with Gasteiger partial charge in [0.05, 0.1) is 0 Å². The fourth-order valence-corrected chi connectivity index (χ4v) is 6.04. The molecule has 0 aliphatic heterocycles. The molecule has 172 valence electrons. The third-order valence-corrected chi connectivity index (χ3v) is 8.22. The van der Waals surface area contributed by atoms with Crippen LogP contribution in [0, 0.1) is 11.8 Å². The van der Waals surface area contributed by atoms with Crippen molar-refractivity contribution in [3.8, 4) is 0 Å². The van der Waals surface area contributed by atoms with Crippen LogP contribution in [0.3, 0.4) is 0 Å². The smallest absolute Gasteiger partial charge is 0.136 e. The summed E-state index contributed by atoms with van der Waals surface area (Å²) in [5, 5.41) is 0. The summed E-state index contributed by atoms with van der Waals surface area (Å²) >= 11 is 13.7. The van der Waals surface area contributed by atoms with Crippen LogP contribution in [0.15, 0.2) is 0 Å². The van der Waals surface area contributed by atoms with Crippen LogP contribution < -0.4 is 0 Å². The summed E-state index contributed by atoms with van der Waals surface area (Å²) in [6.45, 7) is 0. The number of halogens is 2. The van der Waals surface area contributed by atoms with E-state index in [9.17, 15) is 0 Å². The minimum atomic E-state index is -0.207. The highest BCUT2D eigenvalue weighted by atomic mass is 35.5. The standard InChI is InChI=1S/C26H48Cl2O/c27-25(23-19-15-11-7-3-1-4-8-12-16-20-23)29-26(28)24-21-17-13-9-5-2-6-10-14-18-22-24/h23-26H,1-22H2. The third kappa shape index (κ3) is 12.2. The third-order valence-electron chi connectivity index (χ3n) is 7.30. The van der Waals surface area contributed by atoms with Gasteiger partial charge in [0.2, 0.25) is 0 Å². The molecule has 0 aromatic rings. The molecule has 2 unspecified atom stereocenters. The first-order valence-electron chi connectivity index (χ1n) is 13.2. The zero-order valence-electron chi connectivity index (χ0n) is 19.0. The van der Waals surface area contributed by atoms with Gasteiger partial charge in [-0.2, -0.15) is 0 Å².